The molecule has 0 saturated carbocycles. The molecule has 0 fully saturated rings. The molecule has 0 bridgehead atoms. The highest BCUT2D eigenvalue weighted by molar-refractivity contribution is 6.39. The summed E-state index contributed by atoms with van der Waals surface area (Å²) in [5.74, 6) is 0.549. The van der Waals surface area contributed by atoms with Gasteiger partial charge in [0.15, 0.2) is 6.04 Å². The number of hydrogen-bond acceptors (Lipinski definition) is 7. The summed E-state index contributed by atoms with van der Waals surface area (Å²) < 4.78 is 2.13. The first-order chi connectivity index (χ1) is 23.8. The standard InChI is InChI=1S/C40H42N4O6/c1-25(2)23-27(5)41(33-15-19-35(20-16-33)43(47)48)31-11-7-29(8-12-31)37-39(45)38(40(37)46)30-9-13-32(14-10-30)42(28(6)24-26(3)4)34-17-21-36(22-18-34)44(49)50/h7-22,25-28H,23-24H2,1-6H3/p+1. The number of Topliss-reactive ketones (excluding diaryl/α,β-unsaturated/α-hetero) is 1. The molecule has 0 aliphatic heterocycles. The normalized spacial score (nSPS) is 15.4. The number of allylic oxidation sites excluding steroid dienone is 7. The number of hydrogen-bond donors (Lipinski definition) is 1. The summed E-state index contributed by atoms with van der Waals surface area (Å²) in [4.78, 5) is 37.3. The van der Waals surface area contributed by atoms with Crippen LogP contribution in [0.15, 0.2) is 114 Å². The van der Waals surface area contributed by atoms with Crippen LogP contribution in [0.25, 0.3) is 5.57 Å². The number of carbonyl (C=O) groups excluding carboxylic acids is 1. The Balaban J connectivity index is 1.44. The van der Waals surface area contributed by atoms with E-state index in [0.29, 0.717) is 23.0 Å². The van der Waals surface area contributed by atoms with Gasteiger partial charge in [0.1, 0.15) is 5.76 Å². The van der Waals surface area contributed by atoms with Gasteiger partial charge in [0.2, 0.25) is 17.2 Å². The maximum Gasteiger partial charge on any atom is 0.269 e. The van der Waals surface area contributed by atoms with Crippen LogP contribution in [0, 0.1) is 32.1 Å². The van der Waals surface area contributed by atoms with Gasteiger partial charge in [0.25, 0.3) is 11.4 Å². The minimum atomic E-state index is -0.416. The number of nitrogens with zero attached hydrogens (tertiary/aromatic N) is 4. The van der Waals surface area contributed by atoms with Gasteiger partial charge in [-0.15, -0.1) is 0 Å². The van der Waals surface area contributed by atoms with Crippen LogP contribution in [0.5, 0.6) is 0 Å². The van der Waals surface area contributed by atoms with Crippen LogP contribution < -0.4 is 4.90 Å². The molecule has 2 aliphatic carbocycles. The number of benzene rings is 3. The summed E-state index contributed by atoms with van der Waals surface area (Å²) in [6, 6.07) is 20.6. The Morgan fingerprint density at radius 3 is 1.56 bits per heavy atom. The third-order valence-electron chi connectivity index (χ3n) is 8.98. The molecule has 0 saturated heterocycles. The third-order valence-corrected chi connectivity index (χ3v) is 8.98. The minimum absolute atomic E-state index is 0.0238. The number of nitro groups is 2. The van der Waals surface area contributed by atoms with Crippen LogP contribution in [0.4, 0.5) is 28.4 Å². The first kappa shape index (κ1) is 35.7. The average Bonchev–Trinajstić information content (AvgIpc) is 3.06. The molecule has 0 heterocycles. The van der Waals surface area contributed by atoms with Crippen molar-refractivity contribution in [2.45, 2.75) is 66.5 Å². The number of aliphatic hydroxyl groups excluding tert-OH is 1. The second-order valence-corrected chi connectivity index (χ2v) is 13.8. The number of carbonyl (C=O) groups is 1. The van der Waals surface area contributed by atoms with E-state index in [4.69, 9.17) is 0 Å². The Morgan fingerprint density at radius 2 is 1.10 bits per heavy atom. The monoisotopic (exact) mass is 675 g/mol. The Morgan fingerprint density at radius 1 is 0.640 bits per heavy atom. The number of anilines is 2. The van der Waals surface area contributed by atoms with Crippen molar-refractivity contribution in [1.82, 2.24) is 0 Å². The first-order valence-electron chi connectivity index (χ1n) is 16.9. The van der Waals surface area contributed by atoms with Gasteiger partial charge in [-0.05, 0) is 79.7 Å². The second-order valence-electron chi connectivity index (χ2n) is 13.8. The molecular formula is C40H43N4O6+. The van der Waals surface area contributed by atoms with Crippen LogP contribution in [0.2, 0.25) is 0 Å². The summed E-state index contributed by atoms with van der Waals surface area (Å²) in [6.45, 7) is 12.8. The Kier molecular flexibility index (Phi) is 10.6. The maximum atomic E-state index is 13.5. The second kappa shape index (κ2) is 14.9. The predicted octanol–water partition coefficient (Wildman–Crippen LogP) is 9.57. The minimum Gasteiger partial charge on any atom is -0.506 e. The van der Waals surface area contributed by atoms with Crippen molar-refractivity contribution in [3.8, 4) is 0 Å². The number of non-ortho nitro benzene ring substituents is 2. The fraction of sp³-hybridized carbons (Fsp3) is 0.300. The van der Waals surface area contributed by atoms with Gasteiger partial charge < -0.3 is 10.0 Å². The van der Waals surface area contributed by atoms with Crippen LogP contribution in [0.1, 0.15) is 59.9 Å². The zero-order chi connectivity index (χ0) is 36.3. The van der Waals surface area contributed by atoms with E-state index in [1.54, 1.807) is 24.3 Å². The van der Waals surface area contributed by atoms with Crippen LogP contribution >= 0.6 is 0 Å². The highest BCUT2D eigenvalue weighted by Gasteiger charge is 2.37. The Bertz CT molecular complexity index is 1930. The summed E-state index contributed by atoms with van der Waals surface area (Å²) in [5, 5.41) is 33.6. The third kappa shape index (κ3) is 7.49. The van der Waals surface area contributed by atoms with Crippen molar-refractivity contribution in [2.75, 3.05) is 4.90 Å². The molecule has 10 heteroatoms. The molecule has 3 aromatic carbocycles. The zero-order valence-corrected chi connectivity index (χ0v) is 29.2. The van der Waals surface area contributed by atoms with E-state index in [1.807, 2.05) is 48.6 Å². The van der Waals surface area contributed by atoms with E-state index in [9.17, 15) is 30.1 Å². The van der Waals surface area contributed by atoms with Crippen molar-refractivity contribution in [3.63, 3.8) is 0 Å². The highest BCUT2D eigenvalue weighted by atomic mass is 16.6. The average molecular weight is 676 g/mol. The van der Waals surface area contributed by atoms with Gasteiger partial charge in [-0.25, -0.2) is 0 Å². The molecule has 0 radical (unpaired) electrons. The van der Waals surface area contributed by atoms with Gasteiger partial charge in [-0.1, -0.05) is 39.8 Å². The van der Waals surface area contributed by atoms with Crippen molar-refractivity contribution < 1.29 is 24.3 Å². The SMILES string of the molecule is CC(C)CC(C)N(c1ccc(C2=C(O)C(=C3C=CC(=[N+](c4ccc([N+](=O)[O-])cc4)C(C)CC(C)C)C=C3)C2=O)cc1)c1ccc([N+](=O)[O-])cc1. The lowest BCUT2D eigenvalue weighted by Crippen LogP contribution is -2.29. The molecule has 258 valence electrons. The Hall–Kier alpha value is -5.64. The van der Waals surface area contributed by atoms with Crippen molar-refractivity contribution >= 4 is 45.5 Å². The van der Waals surface area contributed by atoms with Gasteiger partial charge in [0.05, 0.1) is 21.0 Å². The van der Waals surface area contributed by atoms with E-state index in [1.165, 1.54) is 24.3 Å². The molecule has 5 rings (SSSR count). The smallest absolute Gasteiger partial charge is 0.269 e. The molecule has 2 atom stereocenters. The number of ketones is 1. The van der Waals surface area contributed by atoms with E-state index in [-0.39, 0.29) is 46.1 Å². The molecule has 1 N–H and O–H groups in total. The number of nitro benzene ring substituents is 2. The Labute approximate surface area is 292 Å². The molecule has 3 aromatic rings. The van der Waals surface area contributed by atoms with Crippen molar-refractivity contribution in [1.29, 1.82) is 0 Å². The molecule has 0 spiro atoms. The molecule has 2 unspecified atom stereocenters. The van der Waals surface area contributed by atoms with Gasteiger partial charge in [-0.2, -0.15) is 4.58 Å². The van der Waals surface area contributed by atoms with Gasteiger partial charge >= 0.3 is 0 Å². The quantitative estimate of drug-likeness (QED) is 0.0876. The number of rotatable bonds is 12. The van der Waals surface area contributed by atoms with Gasteiger partial charge in [-0.3, -0.25) is 25.0 Å². The summed E-state index contributed by atoms with van der Waals surface area (Å²) >= 11 is 0. The lowest BCUT2D eigenvalue weighted by Gasteiger charge is -2.33. The molecular weight excluding hydrogens is 632 g/mol. The fourth-order valence-electron chi connectivity index (χ4n) is 6.88. The highest BCUT2D eigenvalue weighted by Crippen LogP contribution is 2.40. The van der Waals surface area contributed by atoms with Crippen molar-refractivity contribution in [2.24, 2.45) is 11.8 Å². The van der Waals surface area contributed by atoms with E-state index >= 15 is 0 Å². The lowest BCUT2D eigenvalue weighted by molar-refractivity contribution is -0.481. The molecule has 0 amide bonds. The van der Waals surface area contributed by atoms with E-state index < -0.39 is 9.85 Å². The van der Waals surface area contributed by atoms with E-state index in [0.717, 1.165) is 35.6 Å². The maximum absolute atomic E-state index is 13.5. The fourth-order valence-corrected chi connectivity index (χ4v) is 6.88. The molecule has 50 heavy (non-hydrogen) atoms. The summed E-state index contributed by atoms with van der Waals surface area (Å²) in [6.07, 6.45) is 9.22. The summed E-state index contributed by atoms with van der Waals surface area (Å²) in [5.41, 5.74) is 5.14. The largest absolute Gasteiger partial charge is 0.506 e. The lowest BCUT2D eigenvalue weighted by atomic mass is 9.80. The van der Waals surface area contributed by atoms with Crippen LogP contribution in [0.3, 0.4) is 0 Å². The molecule has 2 aliphatic rings. The van der Waals surface area contributed by atoms with E-state index in [2.05, 4.69) is 51.0 Å². The van der Waals surface area contributed by atoms with Crippen LogP contribution in [-0.2, 0) is 4.79 Å². The zero-order valence-electron chi connectivity index (χ0n) is 29.2. The molecule has 10 nitrogen and oxygen atoms in total. The number of aliphatic hydroxyl groups is 1. The van der Waals surface area contributed by atoms with Crippen molar-refractivity contribution in [3.05, 3.63) is 140 Å². The predicted molar refractivity (Wildman–Crippen MR) is 197 cm³/mol. The summed E-state index contributed by atoms with van der Waals surface area (Å²) in [7, 11) is 0. The first-order valence-corrected chi connectivity index (χ1v) is 16.9. The molecule has 0 aromatic heterocycles. The van der Waals surface area contributed by atoms with Crippen LogP contribution in [-0.4, -0.2) is 43.1 Å². The topological polar surface area (TPSA) is 130 Å². The van der Waals surface area contributed by atoms with Gasteiger partial charge in [0, 0.05) is 72.4 Å².